The van der Waals surface area contributed by atoms with E-state index in [1.54, 1.807) is 0 Å². The zero-order valence-electron chi connectivity index (χ0n) is 11.8. The summed E-state index contributed by atoms with van der Waals surface area (Å²) in [5, 5.41) is 12.9. The van der Waals surface area contributed by atoms with E-state index in [-0.39, 0.29) is 11.5 Å². The Morgan fingerprint density at radius 3 is 2.71 bits per heavy atom. The van der Waals surface area contributed by atoms with Gasteiger partial charge in [-0.25, -0.2) is 0 Å². The SMILES string of the molecule is N#CC(=NNc1ccccc1)C(=O)CCN1CCOCC1. The lowest BCUT2D eigenvalue weighted by molar-refractivity contribution is -0.113. The number of carbonyl (C=O) groups is 1. The van der Waals surface area contributed by atoms with Gasteiger partial charge < -0.3 is 4.74 Å². The van der Waals surface area contributed by atoms with Crippen molar-refractivity contribution in [2.75, 3.05) is 38.3 Å². The van der Waals surface area contributed by atoms with Crippen molar-refractivity contribution >= 4 is 17.2 Å². The van der Waals surface area contributed by atoms with Crippen molar-refractivity contribution in [2.45, 2.75) is 6.42 Å². The molecule has 1 aromatic rings. The number of hydrogen-bond acceptors (Lipinski definition) is 6. The minimum atomic E-state index is -0.243. The molecule has 0 atom stereocenters. The Morgan fingerprint density at radius 1 is 1.33 bits per heavy atom. The number of para-hydroxylation sites is 1. The maximum atomic E-state index is 12.0. The van der Waals surface area contributed by atoms with E-state index in [4.69, 9.17) is 10.00 Å². The molecule has 0 aliphatic carbocycles. The van der Waals surface area contributed by atoms with Crippen LogP contribution in [0.4, 0.5) is 5.69 Å². The van der Waals surface area contributed by atoms with E-state index in [0.29, 0.717) is 26.2 Å². The Morgan fingerprint density at radius 2 is 2.05 bits per heavy atom. The molecule has 2 rings (SSSR count). The van der Waals surface area contributed by atoms with E-state index < -0.39 is 0 Å². The minimum absolute atomic E-state index is 0.0906. The van der Waals surface area contributed by atoms with Gasteiger partial charge in [0.2, 0.25) is 5.71 Å². The summed E-state index contributed by atoms with van der Waals surface area (Å²) in [6, 6.07) is 11.1. The van der Waals surface area contributed by atoms with E-state index in [9.17, 15) is 4.79 Å². The molecule has 21 heavy (non-hydrogen) atoms. The topological polar surface area (TPSA) is 77.7 Å². The molecule has 1 saturated heterocycles. The van der Waals surface area contributed by atoms with E-state index in [2.05, 4.69) is 15.4 Å². The standard InChI is InChI=1S/C15H18N4O2/c16-12-14(18-17-13-4-2-1-3-5-13)15(20)6-7-19-8-10-21-11-9-19/h1-5,17H,6-11H2. The smallest absolute Gasteiger partial charge is 0.203 e. The molecule has 0 bridgehead atoms. The summed E-state index contributed by atoms with van der Waals surface area (Å²) in [5.74, 6) is -0.243. The van der Waals surface area contributed by atoms with Crippen molar-refractivity contribution < 1.29 is 9.53 Å². The Bertz CT molecular complexity index is 530. The third kappa shape index (κ3) is 4.99. The van der Waals surface area contributed by atoms with Gasteiger partial charge in [-0.15, -0.1) is 0 Å². The molecule has 1 aromatic carbocycles. The quantitative estimate of drug-likeness (QED) is 0.629. The summed E-state index contributed by atoms with van der Waals surface area (Å²) < 4.78 is 5.25. The number of rotatable bonds is 6. The lowest BCUT2D eigenvalue weighted by Gasteiger charge is -2.25. The van der Waals surface area contributed by atoms with Crippen molar-refractivity contribution in [3.05, 3.63) is 30.3 Å². The van der Waals surface area contributed by atoms with Gasteiger partial charge in [0.25, 0.3) is 0 Å². The number of nitriles is 1. The number of carbonyl (C=O) groups excluding carboxylic acids is 1. The molecule has 0 aromatic heterocycles. The second-order valence-electron chi connectivity index (χ2n) is 4.68. The van der Waals surface area contributed by atoms with Gasteiger partial charge >= 0.3 is 0 Å². The van der Waals surface area contributed by atoms with Crippen molar-refractivity contribution in [3.8, 4) is 6.07 Å². The Balaban J connectivity index is 1.84. The number of ketones is 1. The van der Waals surface area contributed by atoms with Gasteiger partial charge in [-0.05, 0) is 12.1 Å². The highest BCUT2D eigenvalue weighted by atomic mass is 16.5. The number of nitrogens with zero attached hydrogens (tertiary/aromatic N) is 3. The lowest BCUT2D eigenvalue weighted by atomic mass is 10.2. The summed E-state index contributed by atoms with van der Waals surface area (Å²) in [6.07, 6.45) is 0.295. The highest BCUT2D eigenvalue weighted by Crippen LogP contribution is 2.05. The maximum absolute atomic E-state index is 12.0. The van der Waals surface area contributed by atoms with Gasteiger partial charge in [0, 0.05) is 26.1 Å². The molecule has 0 unspecified atom stereocenters. The predicted molar refractivity (Wildman–Crippen MR) is 80.0 cm³/mol. The first-order valence-electron chi connectivity index (χ1n) is 6.92. The van der Waals surface area contributed by atoms with Crippen LogP contribution in [0.2, 0.25) is 0 Å². The number of hydrogen-bond donors (Lipinski definition) is 1. The molecule has 1 N–H and O–H groups in total. The van der Waals surface area contributed by atoms with E-state index in [1.165, 1.54) is 0 Å². The zero-order valence-corrected chi connectivity index (χ0v) is 11.8. The molecule has 110 valence electrons. The molecule has 0 saturated carbocycles. The summed E-state index contributed by atoms with van der Waals surface area (Å²) in [6.45, 7) is 3.68. The van der Waals surface area contributed by atoms with Crippen LogP contribution >= 0.6 is 0 Å². The number of ether oxygens (including phenoxy) is 1. The fourth-order valence-electron chi connectivity index (χ4n) is 1.99. The molecule has 1 fully saturated rings. The van der Waals surface area contributed by atoms with E-state index in [0.717, 1.165) is 18.8 Å². The Kier molecular flexibility index (Phi) is 5.88. The number of Topliss-reactive ketones (excluding diaryl/α,β-unsaturated/α-hetero) is 1. The lowest BCUT2D eigenvalue weighted by Crippen LogP contribution is -2.38. The van der Waals surface area contributed by atoms with Gasteiger partial charge in [0.05, 0.1) is 18.9 Å². The zero-order chi connectivity index (χ0) is 14.9. The Hall–Kier alpha value is -2.23. The summed E-state index contributed by atoms with van der Waals surface area (Å²) in [5.41, 5.74) is 3.38. The normalized spacial score (nSPS) is 16.2. The van der Waals surface area contributed by atoms with E-state index in [1.807, 2.05) is 36.4 Å². The third-order valence-corrected chi connectivity index (χ3v) is 3.20. The molecule has 1 heterocycles. The monoisotopic (exact) mass is 286 g/mol. The van der Waals surface area contributed by atoms with Crippen LogP contribution in [0.1, 0.15) is 6.42 Å². The van der Waals surface area contributed by atoms with Crippen LogP contribution in [-0.4, -0.2) is 49.2 Å². The number of benzene rings is 1. The predicted octanol–water partition coefficient (Wildman–Crippen LogP) is 1.27. The summed E-state index contributed by atoms with van der Waals surface area (Å²) in [7, 11) is 0. The largest absolute Gasteiger partial charge is 0.379 e. The van der Waals surface area contributed by atoms with Crippen LogP contribution in [0.3, 0.4) is 0 Å². The number of hydrazone groups is 1. The van der Waals surface area contributed by atoms with E-state index >= 15 is 0 Å². The van der Waals surface area contributed by atoms with Crippen LogP contribution in [0.25, 0.3) is 0 Å². The molecule has 1 aliphatic heterocycles. The van der Waals surface area contributed by atoms with Gasteiger partial charge in [0.15, 0.2) is 5.78 Å². The van der Waals surface area contributed by atoms with Gasteiger partial charge in [0.1, 0.15) is 6.07 Å². The fraction of sp³-hybridized carbons (Fsp3) is 0.400. The van der Waals surface area contributed by atoms with Crippen molar-refractivity contribution in [2.24, 2.45) is 5.10 Å². The van der Waals surface area contributed by atoms with Crippen molar-refractivity contribution in [1.29, 1.82) is 5.26 Å². The van der Waals surface area contributed by atoms with Crippen LogP contribution in [0, 0.1) is 11.3 Å². The number of nitrogens with one attached hydrogen (secondary N) is 1. The average molecular weight is 286 g/mol. The molecule has 6 heteroatoms. The van der Waals surface area contributed by atoms with Gasteiger partial charge in [-0.1, -0.05) is 18.2 Å². The first-order chi connectivity index (χ1) is 10.3. The highest BCUT2D eigenvalue weighted by molar-refractivity contribution is 6.46. The van der Waals surface area contributed by atoms with Gasteiger partial charge in [-0.2, -0.15) is 10.4 Å². The summed E-state index contributed by atoms with van der Waals surface area (Å²) >= 11 is 0. The molecule has 0 amide bonds. The van der Waals surface area contributed by atoms with Gasteiger partial charge in [-0.3, -0.25) is 15.1 Å². The van der Waals surface area contributed by atoms with Crippen molar-refractivity contribution in [3.63, 3.8) is 0 Å². The molecule has 0 spiro atoms. The number of morpholine rings is 1. The average Bonchev–Trinajstić information content (AvgIpc) is 2.55. The molecule has 1 aliphatic rings. The maximum Gasteiger partial charge on any atom is 0.203 e. The van der Waals surface area contributed by atoms with Crippen molar-refractivity contribution in [1.82, 2.24) is 4.90 Å². The fourth-order valence-corrected chi connectivity index (χ4v) is 1.99. The van der Waals surface area contributed by atoms with Crippen LogP contribution in [0.5, 0.6) is 0 Å². The third-order valence-electron chi connectivity index (χ3n) is 3.20. The molecular formula is C15H18N4O2. The number of anilines is 1. The molecular weight excluding hydrogens is 268 g/mol. The van der Waals surface area contributed by atoms with Crippen LogP contribution < -0.4 is 5.43 Å². The van der Waals surface area contributed by atoms with Crippen LogP contribution in [-0.2, 0) is 9.53 Å². The van der Waals surface area contributed by atoms with Crippen LogP contribution in [0.15, 0.2) is 35.4 Å². The highest BCUT2D eigenvalue weighted by Gasteiger charge is 2.15. The first-order valence-corrected chi connectivity index (χ1v) is 6.92. The first kappa shape index (κ1) is 15.2. The molecule has 0 radical (unpaired) electrons. The second kappa shape index (κ2) is 8.15. The Labute approximate surface area is 124 Å². The minimum Gasteiger partial charge on any atom is -0.379 e. The molecule has 6 nitrogen and oxygen atoms in total. The second-order valence-corrected chi connectivity index (χ2v) is 4.68. The summed E-state index contributed by atoms with van der Waals surface area (Å²) in [4.78, 5) is 14.1.